The number of hydrogen-bond acceptors (Lipinski definition) is 6. The van der Waals surface area contributed by atoms with Crippen molar-refractivity contribution in [3.05, 3.63) is 71.4 Å². The lowest BCUT2D eigenvalue weighted by Crippen LogP contribution is -2.59. The molecule has 1 atom stereocenters. The molecule has 34 heavy (non-hydrogen) atoms. The van der Waals surface area contributed by atoms with E-state index in [0.717, 1.165) is 18.7 Å². The summed E-state index contributed by atoms with van der Waals surface area (Å²) in [5.74, 6) is 0.679. The van der Waals surface area contributed by atoms with Crippen LogP contribution in [0.2, 0.25) is 0 Å². The molecule has 6 nitrogen and oxygen atoms in total. The topological polar surface area (TPSA) is 72.8 Å². The van der Waals surface area contributed by atoms with E-state index in [2.05, 4.69) is 32.1 Å². The Morgan fingerprint density at radius 3 is 2.71 bits per heavy atom. The molecular formula is C25H30F3N5O. The molecule has 3 heterocycles. The Morgan fingerprint density at radius 2 is 2.12 bits per heavy atom. The summed E-state index contributed by atoms with van der Waals surface area (Å²) in [7, 11) is 0. The summed E-state index contributed by atoms with van der Waals surface area (Å²) >= 11 is 0. The zero-order chi connectivity index (χ0) is 24.5. The van der Waals surface area contributed by atoms with Gasteiger partial charge in [-0.25, -0.2) is 9.98 Å². The molecule has 1 unspecified atom stereocenters. The van der Waals surface area contributed by atoms with Crippen LogP contribution in [0.4, 0.5) is 19.0 Å². The minimum atomic E-state index is -4.66. The molecule has 4 rings (SSSR count). The fourth-order valence-corrected chi connectivity index (χ4v) is 4.60. The summed E-state index contributed by atoms with van der Waals surface area (Å²) < 4.78 is 43.2. The summed E-state index contributed by atoms with van der Waals surface area (Å²) in [6, 6.07) is -0.505. The highest BCUT2D eigenvalue weighted by atomic mass is 19.4. The number of allylic oxidation sites excluding steroid dienone is 4. The minimum absolute atomic E-state index is 0.0255. The molecule has 0 aromatic carbocycles. The van der Waals surface area contributed by atoms with Crippen molar-refractivity contribution in [1.29, 1.82) is 0 Å². The number of rotatable bonds is 7. The molecule has 3 aliphatic rings. The SMILES string of the molecule is C=C1C=C(N2CC3(CCC3)C2)N=C(/C(=C\C=C/C)C(Nc2ncc(C)cc2CO)C(F)(F)F)N1. The molecule has 3 N–H and O–H groups in total. The van der Waals surface area contributed by atoms with Gasteiger partial charge in [-0.1, -0.05) is 31.2 Å². The highest BCUT2D eigenvalue weighted by Gasteiger charge is 2.49. The van der Waals surface area contributed by atoms with Gasteiger partial charge in [0.2, 0.25) is 0 Å². The second-order valence-electron chi connectivity index (χ2n) is 9.27. The van der Waals surface area contributed by atoms with E-state index < -0.39 is 18.8 Å². The van der Waals surface area contributed by atoms with Gasteiger partial charge < -0.3 is 20.6 Å². The van der Waals surface area contributed by atoms with E-state index in [0.29, 0.717) is 16.9 Å². The molecule has 1 aromatic heterocycles. The zero-order valence-electron chi connectivity index (χ0n) is 19.4. The average Bonchev–Trinajstić information content (AvgIpc) is 2.71. The maximum atomic E-state index is 14.4. The molecule has 2 fully saturated rings. The van der Waals surface area contributed by atoms with Crippen LogP contribution >= 0.6 is 0 Å². The minimum Gasteiger partial charge on any atom is -0.392 e. The van der Waals surface area contributed by atoms with E-state index >= 15 is 0 Å². The Bertz CT molecular complexity index is 1070. The lowest BCUT2D eigenvalue weighted by Gasteiger charge is -2.57. The summed E-state index contributed by atoms with van der Waals surface area (Å²) in [5.41, 5.74) is 1.76. The van der Waals surface area contributed by atoms with E-state index in [1.165, 1.54) is 31.5 Å². The van der Waals surface area contributed by atoms with Gasteiger partial charge in [-0.2, -0.15) is 13.2 Å². The predicted octanol–water partition coefficient (Wildman–Crippen LogP) is 4.57. The molecule has 0 radical (unpaired) electrons. The second kappa shape index (κ2) is 9.29. The number of nitrogens with one attached hydrogen (secondary N) is 2. The number of likely N-dealkylation sites (tertiary alicyclic amines) is 1. The van der Waals surface area contributed by atoms with Crippen LogP contribution < -0.4 is 10.6 Å². The number of alkyl halides is 3. The molecule has 9 heteroatoms. The second-order valence-corrected chi connectivity index (χ2v) is 9.27. The van der Waals surface area contributed by atoms with E-state index in [-0.39, 0.29) is 22.8 Å². The highest BCUT2D eigenvalue weighted by Crippen LogP contribution is 2.49. The monoisotopic (exact) mass is 473 g/mol. The standard InChI is InChI=1S/C25H30F3N5O/c1-4-5-7-19(21(25(26,27)28)32-22-18(13-34)10-16(2)12-29-22)23-30-17(3)11-20(31-23)33-14-24(15-33)8-6-9-24/h4-5,7,10-12,21,34H,3,6,8-9,13-15H2,1-2H3,(H,29,32)(H,30,31)/b5-4-,19-7-. The largest absolute Gasteiger partial charge is 0.412 e. The lowest BCUT2D eigenvalue weighted by atomic mass is 9.63. The maximum Gasteiger partial charge on any atom is 0.412 e. The first-order valence-corrected chi connectivity index (χ1v) is 11.4. The van der Waals surface area contributed by atoms with Crippen molar-refractivity contribution < 1.29 is 18.3 Å². The number of amidine groups is 1. The van der Waals surface area contributed by atoms with Gasteiger partial charge in [-0.05, 0) is 38.3 Å². The first kappa shape index (κ1) is 24.1. The lowest BCUT2D eigenvalue weighted by molar-refractivity contribution is -0.133. The zero-order valence-corrected chi connectivity index (χ0v) is 19.4. The first-order valence-electron chi connectivity index (χ1n) is 11.4. The Labute approximate surface area is 197 Å². The first-order chi connectivity index (χ1) is 16.1. The number of pyridine rings is 1. The van der Waals surface area contributed by atoms with Crippen LogP contribution in [-0.2, 0) is 6.61 Å². The van der Waals surface area contributed by atoms with Crippen molar-refractivity contribution in [2.24, 2.45) is 10.4 Å². The molecule has 1 saturated heterocycles. The summed E-state index contributed by atoms with van der Waals surface area (Å²) in [6.07, 6.45) is 6.77. The van der Waals surface area contributed by atoms with Crippen molar-refractivity contribution in [2.45, 2.75) is 51.9 Å². The normalized spacial score (nSPS) is 20.9. The molecular weight excluding hydrogens is 443 g/mol. The van der Waals surface area contributed by atoms with Gasteiger partial charge in [0.1, 0.15) is 17.5 Å². The van der Waals surface area contributed by atoms with Crippen LogP contribution in [0, 0.1) is 12.3 Å². The Hall–Kier alpha value is -3.07. The van der Waals surface area contributed by atoms with E-state index in [1.807, 2.05) is 0 Å². The molecule has 182 valence electrons. The predicted molar refractivity (Wildman–Crippen MR) is 127 cm³/mol. The molecule has 2 aliphatic heterocycles. The number of halogens is 3. The van der Waals surface area contributed by atoms with E-state index in [4.69, 9.17) is 0 Å². The smallest absolute Gasteiger partial charge is 0.392 e. The van der Waals surface area contributed by atoms with Crippen molar-refractivity contribution in [3.63, 3.8) is 0 Å². The third-order valence-electron chi connectivity index (χ3n) is 6.53. The third-order valence-corrected chi connectivity index (χ3v) is 6.53. The Kier molecular flexibility index (Phi) is 6.58. The number of aromatic nitrogens is 1. The van der Waals surface area contributed by atoms with E-state index in [1.54, 1.807) is 38.1 Å². The highest BCUT2D eigenvalue weighted by molar-refractivity contribution is 6.02. The molecule has 1 aromatic rings. The van der Waals surface area contributed by atoms with Crippen LogP contribution in [0.15, 0.2) is 65.2 Å². The summed E-state index contributed by atoms with van der Waals surface area (Å²) in [4.78, 5) is 10.8. The van der Waals surface area contributed by atoms with Crippen molar-refractivity contribution >= 4 is 11.7 Å². The van der Waals surface area contributed by atoms with Crippen LogP contribution in [0.1, 0.15) is 37.3 Å². The number of nitrogens with zero attached hydrogens (tertiary/aromatic N) is 3. The van der Waals surface area contributed by atoms with Crippen LogP contribution in [-0.4, -0.2) is 46.1 Å². The molecule has 1 saturated carbocycles. The number of hydrogen-bond donors (Lipinski definition) is 3. The van der Waals surface area contributed by atoms with Gasteiger partial charge in [0.15, 0.2) is 6.04 Å². The van der Waals surface area contributed by atoms with Crippen molar-refractivity contribution in [3.8, 4) is 0 Å². The Morgan fingerprint density at radius 1 is 1.38 bits per heavy atom. The van der Waals surface area contributed by atoms with Crippen molar-refractivity contribution in [2.75, 3.05) is 18.4 Å². The van der Waals surface area contributed by atoms with Crippen LogP contribution in [0.25, 0.3) is 0 Å². The number of aryl methyl sites for hydroxylation is 1. The van der Waals surface area contributed by atoms with Gasteiger partial charge >= 0.3 is 6.18 Å². The quantitative estimate of drug-likeness (QED) is 0.506. The number of anilines is 1. The molecule has 0 bridgehead atoms. The Balaban J connectivity index is 1.68. The van der Waals surface area contributed by atoms with E-state index in [9.17, 15) is 18.3 Å². The number of aliphatic imine (C=N–C) groups is 1. The number of aliphatic hydroxyl groups excluding tert-OH is 1. The van der Waals surface area contributed by atoms with Gasteiger partial charge in [0.25, 0.3) is 0 Å². The van der Waals surface area contributed by atoms with Crippen LogP contribution in [0.5, 0.6) is 0 Å². The van der Waals surface area contributed by atoms with Crippen LogP contribution in [0.3, 0.4) is 0 Å². The van der Waals surface area contributed by atoms with Gasteiger partial charge in [0.05, 0.1) is 6.61 Å². The van der Waals surface area contributed by atoms with Gasteiger partial charge in [0, 0.05) is 47.6 Å². The maximum absolute atomic E-state index is 14.4. The fraction of sp³-hybridized carbons (Fsp3) is 0.440. The van der Waals surface area contributed by atoms with Gasteiger partial charge in [-0.3, -0.25) is 0 Å². The molecule has 1 aliphatic carbocycles. The fourth-order valence-electron chi connectivity index (χ4n) is 4.60. The number of aliphatic hydroxyl groups is 1. The summed E-state index contributed by atoms with van der Waals surface area (Å²) in [6.45, 7) is 8.73. The molecule has 0 amide bonds. The van der Waals surface area contributed by atoms with Gasteiger partial charge in [-0.15, -0.1) is 0 Å². The third kappa shape index (κ3) is 4.89. The molecule has 1 spiro atoms. The average molecular weight is 474 g/mol. The summed E-state index contributed by atoms with van der Waals surface area (Å²) in [5, 5.41) is 15.1. The van der Waals surface area contributed by atoms with Crippen molar-refractivity contribution in [1.82, 2.24) is 15.2 Å².